The molecule has 3 nitrogen and oxygen atoms in total. The van der Waals surface area contributed by atoms with E-state index >= 15 is 0 Å². The molecule has 2 heterocycles. The zero-order valence-corrected chi connectivity index (χ0v) is 10.7. The summed E-state index contributed by atoms with van der Waals surface area (Å²) in [7, 11) is 1.98. The number of hydrogen-bond donors (Lipinski definition) is 0. The van der Waals surface area contributed by atoms with Crippen LogP contribution in [0.1, 0.15) is 23.7 Å². The average molecular weight is 243 g/mol. The fourth-order valence-corrected chi connectivity index (χ4v) is 2.76. The van der Waals surface area contributed by atoms with E-state index in [4.69, 9.17) is 4.74 Å². The standard InChI is InChI=1S/C15H17NO2/c1-10-7-11(9-18-10)15(17)13-8-16(2)14-6-4-3-5-12(13)14/h3-6,8,10-11H,7,9H2,1-2H3. The van der Waals surface area contributed by atoms with Gasteiger partial charge in [-0.1, -0.05) is 18.2 Å². The van der Waals surface area contributed by atoms with Gasteiger partial charge in [-0.15, -0.1) is 0 Å². The van der Waals surface area contributed by atoms with Crippen LogP contribution in [0.25, 0.3) is 10.9 Å². The van der Waals surface area contributed by atoms with Gasteiger partial charge < -0.3 is 9.30 Å². The molecule has 3 rings (SSSR count). The highest BCUT2D eigenvalue weighted by atomic mass is 16.5. The lowest BCUT2D eigenvalue weighted by Crippen LogP contribution is -2.14. The van der Waals surface area contributed by atoms with Crippen LogP contribution in [0.2, 0.25) is 0 Å². The van der Waals surface area contributed by atoms with Gasteiger partial charge in [-0.25, -0.2) is 0 Å². The van der Waals surface area contributed by atoms with Gasteiger partial charge in [0, 0.05) is 35.6 Å². The first-order valence-electron chi connectivity index (χ1n) is 6.36. The Morgan fingerprint density at radius 1 is 1.39 bits per heavy atom. The minimum Gasteiger partial charge on any atom is -0.378 e. The van der Waals surface area contributed by atoms with E-state index in [1.807, 2.05) is 49.0 Å². The van der Waals surface area contributed by atoms with Crippen LogP contribution < -0.4 is 0 Å². The average Bonchev–Trinajstić information content (AvgIpc) is 2.94. The number of hydrogen-bond acceptors (Lipinski definition) is 2. The van der Waals surface area contributed by atoms with E-state index in [1.54, 1.807) is 0 Å². The second-order valence-electron chi connectivity index (χ2n) is 5.11. The summed E-state index contributed by atoms with van der Waals surface area (Å²) in [4.78, 5) is 12.5. The molecule has 0 radical (unpaired) electrons. The fraction of sp³-hybridized carbons (Fsp3) is 0.400. The van der Waals surface area contributed by atoms with Crippen molar-refractivity contribution >= 4 is 16.7 Å². The van der Waals surface area contributed by atoms with Gasteiger partial charge in [0.25, 0.3) is 0 Å². The number of aryl methyl sites for hydroxylation is 1. The smallest absolute Gasteiger partial charge is 0.170 e. The van der Waals surface area contributed by atoms with Crippen molar-refractivity contribution in [2.45, 2.75) is 19.4 Å². The number of para-hydroxylation sites is 1. The summed E-state index contributed by atoms with van der Waals surface area (Å²) in [5.74, 6) is 0.238. The molecule has 0 N–H and O–H groups in total. The SMILES string of the molecule is CC1CC(C(=O)c2cn(C)c3ccccc23)CO1. The monoisotopic (exact) mass is 243 g/mol. The number of carbonyl (C=O) groups excluding carboxylic acids is 1. The van der Waals surface area contributed by atoms with Crippen LogP contribution in [0.4, 0.5) is 0 Å². The van der Waals surface area contributed by atoms with Crippen molar-refractivity contribution in [2.75, 3.05) is 6.61 Å². The third-order valence-electron chi connectivity index (χ3n) is 3.73. The van der Waals surface area contributed by atoms with Gasteiger partial charge >= 0.3 is 0 Å². The van der Waals surface area contributed by atoms with Crippen molar-refractivity contribution in [2.24, 2.45) is 13.0 Å². The van der Waals surface area contributed by atoms with Crippen LogP contribution in [0.15, 0.2) is 30.5 Å². The molecule has 1 saturated heterocycles. The molecule has 0 amide bonds. The zero-order chi connectivity index (χ0) is 12.7. The van der Waals surface area contributed by atoms with Crippen LogP contribution in [-0.4, -0.2) is 23.1 Å². The minimum atomic E-state index is 0.0193. The number of ether oxygens (including phenoxy) is 1. The molecule has 2 aromatic rings. The lowest BCUT2D eigenvalue weighted by Gasteiger charge is -2.05. The maximum Gasteiger partial charge on any atom is 0.170 e. The molecule has 0 aliphatic carbocycles. The number of fused-ring (bicyclic) bond motifs is 1. The van der Waals surface area contributed by atoms with Gasteiger partial charge in [0.05, 0.1) is 12.7 Å². The Bertz CT molecular complexity index is 600. The molecule has 0 bridgehead atoms. The number of Topliss-reactive ketones (excluding diaryl/α,β-unsaturated/α-hetero) is 1. The van der Waals surface area contributed by atoms with Crippen molar-refractivity contribution in [3.05, 3.63) is 36.0 Å². The van der Waals surface area contributed by atoms with E-state index in [-0.39, 0.29) is 17.8 Å². The van der Waals surface area contributed by atoms with Crippen LogP contribution >= 0.6 is 0 Å². The quantitative estimate of drug-likeness (QED) is 0.759. The van der Waals surface area contributed by atoms with Crippen LogP contribution in [-0.2, 0) is 11.8 Å². The van der Waals surface area contributed by atoms with Crippen LogP contribution in [0, 0.1) is 5.92 Å². The molecule has 1 aliphatic rings. The molecule has 1 aromatic heterocycles. The summed E-state index contributed by atoms with van der Waals surface area (Å²) < 4.78 is 7.51. The van der Waals surface area contributed by atoms with Gasteiger partial charge in [-0.3, -0.25) is 4.79 Å². The first-order chi connectivity index (χ1) is 8.66. The molecule has 1 aliphatic heterocycles. The van der Waals surface area contributed by atoms with Crippen molar-refractivity contribution in [3.63, 3.8) is 0 Å². The molecule has 2 atom stereocenters. The summed E-state index contributed by atoms with van der Waals surface area (Å²) in [6.45, 7) is 2.58. The number of rotatable bonds is 2. The predicted molar refractivity (Wildman–Crippen MR) is 70.8 cm³/mol. The Hall–Kier alpha value is -1.61. The third-order valence-corrected chi connectivity index (χ3v) is 3.73. The Kier molecular flexibility index (Phi) is 2.71. The van der Waals surface area contributed by atoms with E-state index in [1.165, 1.54) is 0 Å². The number of benzene rings is 1. The van der Waals surface area contributed by atoms with Crippen LogP contribution in [0.3, 0.4) is 0 Å². The maximum atomic E-state index is 12.5. The molecule has 3 heteroatoms. The maximum absolute atomic E-state index is 12.5. The van der Waals surface area contributed by atoms with E-state index in [2.05, 4.69) is 0 Å². The summed E-state index contributed by atoms with van der Waals surface area (Å²) >= 11 is 0. The Balaban J connectivity index is 2.02. The highest BCUT2D eigenvalue weighted by molar-refractivity contribution is 6.09. The Morgan fingerprint density at radius 2 is 2.17 bits per heavy atom. The highest BCUT2D eigenvalue weighted by Crippen LogP contribution is 2.27. The molecule has 94 valence electrons. The summed E-state index contributed by atoms with van der Waals surface area (Å²) in [6.07, 6.45) is 2.98. The predicted octanol–water partition coefficient (Wildman–Crippen LogP) is 2.79. The summed E-state index contributed by atoms with van der Waals surface area (Å²) in [5, 5.41) is 1.05. The first-order valence-corrected chi connectivity index (χ1v) is 6.36. The van der Waals surface area contributed by atoms with E-state index in [9.17, 15) is 4.79 Å². The Morgan fingerprint density at radius 3 is 2.89 bits per heavy atom. The van der Waals surface area contributed by atoms with E-state index in [0.29, 0.717) is 6.61 Å². The van der Waals surface area contributed by atoms with Crippen molar-refractivity contribution in [1.82, 2.24) is 4.57 Å². The van der Waals surface area contributed by atoms with Gasteiger partial charge in [0.2, 0.25) is 0 Å². The molecule has 2 unspecified atom stereocenters. The van der Waals surface area contributed by atoms with E-state index in [0.717, 1.165) is 22.9 Å². The minimum absolute atomic E-state index is 0.0193. The second kappa shape index (κ2) is 4.25. The number of ketones is 1. The topological polar surface area (TPSA) is 31.2 Å². The van der Waals surface area contributed by atoms with Crippen molar-refractivity contribution in [1.29, 1.82) is 0 Å². The van der Waals surface area contributed by atoms with E-state index < -0.39 is 0 Å². The molecule has 1 fully saturated rings. The highest BCUT2D eigenvalue weighted by Gasteiger charge is 2.30. The van der Waals surface area contributed by atoms with Crippen LogP contribution in [0.5, 0.6) is 0 Å². The summed E-state index contributed by atoms with van der Waals surface area (Å²) in [6, 6.07) is 8.03. The number of carbonyl (C=O) groups is 1. The number of aromatic nitrogens is 1. The molecule has 1 aromatic carbocycles. The molecule has 0 saturated carbocycles. The normalized spacial score (nSPS) is 23.7. The largest absolute Gasteiger partial charge is 0.378 e. The lowest BCUT2D eigenvalue weighted by atomic mass is 9.95. The van der Waals surface area contributed by atoms with Gasteiger partial charge in [0.15, 0.2) is 5.78 Å². The van der Waals surface area contributed by atoms with Crippen molar-refractivity contribution in [3.8, 4) is 0 Å². The van der Waals surface area contributed by atoms with Crippen molar-refractivity contribution < 1.29 is 9.53 Å². The number of nitrogens with zero attached hydrogens (tertiary/aromatic N) is 1. The molecule has 18 heavy (non-hydrogen) atoms. The van der Waals surface area contributed by atoms with Gasteiger partial charge in [-0.05, 0) is 19.4 Å². The van der Waals surface area contributed by atoms with Gasteiger partial charge in [-0.2, -0.15) is 0 Å². The molecular formula is C15H17NO2. The third kappa shape index (κ3) is 1.75. The summed E-state index contributed by atoms with van der Waals surface area (Å²) in [5.41, 5.74) is 1.93. The molecular weight excluding hydrogens is 226 g/mol. The Labute approximate surface area is 106 Å². The second-order valence-corrected chi connectivity index (χ2v) is 5.11. The first kappa shape index (κ1) is 11.5. The molecule has 0 spiro atoms. The fourth-order valence-electron chi connectivity index (χ4n) is 2.76. The zero-order valence-electron chi connectivity index (χ0n) is 10.7. The lowest BCUT2D eigenvalue weighted by molar-refractivity contribution is 0.0879. The van der Waals surface area contributed by atoms with Gasteiger partial charge in [0.1, 0.15) is 0 Å².